The number of rotatable bonds is 63. The van der Waals surface area contributed by atoms with E-state index >= 15 is 0 Å². The van der Waals surface area contributed by atoms with Gasteiger partial charge in [0.2, 0.25) is 0 Å². The number of carbonyl (C=O) groups excluding carboxylic acids is 3. The molecule has 0 radical (unpaired) electrons. The highest BCUT2D eigenvalue weighted by Gasteiger charge is 2.19. The van der Waals surface area contributed by atoms with Crippen LogP contribution in [-0.4, -0.2) is 37.2 Å². The zero-order chi connectivity index (χ0) is 55.0. The second-order valence-corrected chi connectivity index (χ2v) is 23.1. The summed E-state index contributed by atoms with van der Waals surface area (Å²) in [7, 11) is 0. The third-order valence-corrected chi connectivity index (χ3v) is 15.4. The second-order valence-electron chi connectivity index (χ2n) is 23.1. The van der Waals surface area contributed by atoms with Crippen molar-refractivity contribution in [2.24, 2.45) is 0 Å². The summed E-state index contributed by atoms with van der Waals surface area (Å²) < 4.78 is 16.9. The minimum absolute atomic E-state index is 0.0697. The largest absolute Gasteiger partial charge is 0.462 e. The molecular weight excluding hydrogens is 937 g/mol. The Bertz CT molecular complexity index is 1270. The molecule has 0 aromatic rings. The Morgan fingerprint density at radius 2 is 0.474 bits per heavy atom. The Morgan fingerprint density at radius 1 is 0.263 bits per heavy atom. The molecular formula is C70H130O6. The van der Waals surface area contributed by atoms with Crippen LogP contribution in [0.3, 0.4) is 0 Å². The van der Waals surface area contributed by atoms with Gasteiger partial charge in [-0.15, -0.1) is 0 Å². The van der Waals surface area contributed by atoms with Gasteiger partial charge in [0, 0.05) is 19.3 Å². The monoisotopic (exact) mass is 1070 g/mol. The van der Waals surface area contributed by atoms with E-state index in [9.17, 15) is 14.4 Å². The summed E-state index contributed by atoms with van der Waals surface area (Å²) in [6, 6.07) is 0. The lowest BCUT2D eigenvalue weighted by atomic mass is 10.0. The standard InChI is InChI=1S/C70H130O6/c1-4-7-10-13-16-19-21-23-25-26-27-28-29-30-31-32-33-34-35-36-37-38-39-40-41-42-43-44-45-47-48-51-54-57-60-63-69(72)75-66-67(65-74-68(71)62-59-56-53-50-18-15-12-9-6-3)76-70(73)64-61-58-55-52-49-46-24-22-20-17-14-11-8-5-2/h21-24,26-27,67H,4-20,25,28-66H2,1-3H3/b23-21-,24-22-,27-26-. The number of ether oxygens (including phenoxy) is 3. The summed E-state index contributed by atoms with van der Waals surface area (Å²) >= 11 is 0. The summed E-state index contributed by atoms with van der Waals surface area (Å²) in [4.78, 5) is 38.1. The first-order chi connectivity index (χ1) is 37.5. The maximum absolute atomic E-state index is 12.8. The number of allylic oxidation sites excluding steroid dienone is 6. The molecule has 0 spiro atoms. The maximum Gasteiger partial charge on any atom is 0.306 e. The van der Waals surface area contributed by atoms with Gasteiger partial charge in [0.05, 0.1) is 0 Å². The first-order valence-corrected chi connectivity index (χ1v) is 34.0. The van der Waals surface area contributed by atoms with Crippen LogP contribution in [0.2, 0.25) is 0 Å². The van der Waals surface area contributed by atoms with Crippen molar-refractivity contribution >= 4 is 17.9 Å². The van der Waals surface area contributed by atoms with Crippen LogP contribution in [0, 0.1) is 0 Å². The van der Waals surface area contributed by atoms with Gasteiger partial charge in [-0.1, -0.05) is 314 Å². The lowest BCUT2D eigenvalue weighted by Gasteiger charge is -2.18. The zero-order valence-electron chi connectivity index (χ0n) is 51.3. The molecule has 0 aliphatic rings. The molecule has 1 atom stereocenters. The van der Waals surface area contributed by atoms with Crippen LogP contribution in [0.1, 0.15) is 374 Å². The maximum atomic E-state index is 12.8. The average molecular weight is 1070 g/mol. The third kappa shape index (κ3) is 62.5. The lowest BCUT2D eigenvalue weighted by Crippen LogP contribution is -2.30. The van der Waals surface area contributed by atoms with E-state index in [4.69, 9.17) is 14.2 Å². The van der Waals surface area contributed by atoms with Gasteiger partial charge in [-0.3, -0.25) is 14.4 Å². The highest BCUT2D eigenvalue weighted by atomic mass is 16.6. The van der Waals surface area contributed by atoms with Gasteiger partial charge < -0.3 is 14.2 Å². The molecule has 0 saturated carbocycles. The molecule has 0 aromatic carbocycles. The van der Waals surface area contributed by atoms with Crippen LogP contribution < -0.4 is 0 Å². The van der Waals surface area contributed by atoms with E-state index in [-0.39, 0.29) is 31.1 Å². The summed E-state index contributed by atoms with van der Waals surface area (Å²) in [5.41, 5.74) is 0. The molecule has 0 aliphatic carbocycles. The van der Waals surface area contributed by atoms with Gasteiger partial charge in [-0.25, -0.2) is 0 Å². The average Bonchev–Trinajstić information content (AvgIpc) is 3.42. The molecule has 0 amide bonds. The van der Waals surface area contributed by atoms with Crippen molar-refractivity contribution in [3.05, 3.63) is 36.5 Å². The Morgan fingerprint density at radius 3 is 0.737 bits per heavy atom. The minimum atomic E-state index is -0.771. The zero-order valence-corrected chi connectivity index (χ0v) is 51.3. The minimum Gasteiger partial charge on any atom is -0.462 e. The molecule has 6 nitrogen and oxygen atoms in total. The molecule has 0 rings (SSSR count). The van der Waals surface area contributed by atoms with Crippen molar-refractivity contribution in [2.75, 3.05) is 13.2 Å². The smallest absolute Gasteiger partial charge is 0.306 e. The van der Waals surface area contributed by atoms with E-state index in [1.54, 1.807) is 0 Å². The van der Waals surface area contributed by atoms with Crippen LogP contribution >= 0.6 is 0 Å². The summed E-state index contributed by atoms with van der Waals surface area (Å²) in [5.74, 6) is -0.859. The molecule has 76 heavy (non-hydrogen) atoms. The van der Waals surface area contributed by atoms with Crippen LogP contribution in [-0.2, 0) is 28.6 Å². The van der Waals surface area contributed by atoms with Gasteiger partial charge in [0.1, 0.15) is 13.2 Å². The third-order valence-electron chi connectivity index (χ3n) is 15.4. The van der Waals surface area contributed by atoms with Crippen molar-refractivity contribution in [3.8, 4) is 0 Å². The summed E-state index contributed by atoms with van der Waals surface area (Å²) in [6.45, 7) is 6.64. The molecule has 0 N–H and O–H groups in total. The number of hydrogen-bond acceptors (Lipinski definition) is 6. The van der Waals surface area contributed by atoms with Gasteiger partial charge >= 0.3 is 17.9 Å². The van der Waals surface area contributed by atoms with Crippen molar-refractivity contribution in [1.29, 1.82) is 0 Å². The number of unbranched alkanes of at least 4 members (excludes halogenated alkanes) is 46. The lowest BCUT2D eigenvalue weighted by molar-refractivity contribution is -0.167. The predicted octanol–water partition coefficient (Wildman–Crippen LogP) is 23.2. The molecule has 446 valence electrons. The molecule has 1 unspecified atom stereocenters. The molecule has 0 aliphatic heterocycles. The van der Waals surface area contributed by atoms with E-state index in [1.165, 1.54) is 263 Å². The number of esters is 3. The van der Waals surface area contributed by atoms with Crippen LogP contribution in [0.5, 0.6) is 0 Å². The molecule has 0 heterocycles. The highest BCUT2D eigenvalue weighted by molar-refractivity contribution is 5.71. The molecule has 0 bridgehead atoms. The van der Waals surface area contributed by atoms with E-state index in [2.05, 4.69) is 57.2 Å². The molecule has 0 aromatic heterocycles. The number of carbonyl (C=O) groups is 3. The molecule has 0 saturated heterocycles. The predicted molar refractivity (Wildman–Crippen MR) is 330 cm³/mol. The quantitative estimate of drug-likeness (QED) is 0.0261. The van der Waals surface area contributed by atoms with Crippen molar-refractivity contribution in [1.82, 2.24) is 0 Å². The fourth-order valence-corrected chi connectivity index (χ4v) is 10.2. The van der Waals surface area contributed by atoms with E-state index < -0.39 is 6.10 Å². The fraction of sp³-hybridized carbons (Fsp3) is 0.871. The topological polar surface area (TPSA) is 78.9 Å². The van der Waals surface area contributed by atoms with Gasteiger partial charge in [0.15, 0.2) is 6.10 Å². The fourth-order valence-electron chi connectivity index (χ4n) is 10.2. The van der Waals surface area contributed by atoms with Crippen molar-refractivity contribution in [3.63, 3.8) is 0 Å². The van der Waals surface area contributed by atoms with Crippen molar-refractivity contribution in [2.45, 2.75) is 380 Å². The van der Waals surface area contributed by atoms with Crippen LogP contribution in [0.15, 0.2) is 36.5 Å². The molecule has 6 heteroatoms. The summed E-state index contributed by atoms with van der Waals surface area (Å²) in [6.07, 6.45) is 80.6. The van der Waals surface area contributed by atoms with E-state index in [0.29, 0.717) is 19.3 Å². The first kappa shape index (κ1) is 73.6. The van der Waals surface area contributed by atoms with Gasteiger partial charge in [-0.05, 0) is 77.0 Å². The SMILES string of the molecule is CCCCCCC/C=C\C/C=C\CCCCCCCCCCCCCCCCCCCCCCCCCC(=O)OCC(COC(=O)CCCCCCCCCCC)OC(=O)CCCCCCC/C=C\CCCCCCC. The van der Waals surface area contributed by atoms with E-state index in [0.717, 1.165) is 70.6 Å². The van der Waals surface area contributed by atoms with Gasteiger partial charge in [0.25, 0.3) is 0 Å². The van der Waals surface area contributed by atoms with Gasteiger partial charge in [-0.2, -0.15) is 0 Å². The highest BCUT2D eigenvalue weighted by Crippen LogP contribution is 2.18. The Kier molecular flexibility index (Phi) is 63.1. The van der Waals surface area contributed by atoms with Crippen LogP contribution in [0.4, 0.5) is 0 Å². The second kappa shape index (κ2) is 65.2. The van der Waals surface area contributed by atoms with Crippen LogP contribution in [0.25, 0.3) is 0 Å². The number of hydrogen-bond donors (Lipinski definition) is 0. The normalized spacial score (nSPS) is 12.2. The first-order valence-electron chi connectivity index (χ1n) is 34.0. The Balaban J connectivity index is 3.95. The van der Waals surface area contributed by atoms with E-state index in [1.807, 2.05) is 0 Å². The Labute approximate surface area is 474 Å². The molecule has 0 fully saturated rings. The summed E-state index contributed by atoms with van der Waals surface area (Å²) in [5, 5.41) is 0. The van der Waals surface area contributed by atoms with Crippen molar-refractivity contribution < 1.29 is 28.6 Å². The Hall–Kier alpha value is -2.37.